The number of carbonyl (C=O) groups is 1. The number of alkyl halides is 3. The molecule has 0 unspecified atom stereocenters. The zero-order valence-electron chi connectivity index (χ0n) is 12.3. The fourth-order valence-electron chi connectivity index (χ4n) is 1.84. The van der Waals surface area contributed by atoms with Crippen LogP contribution in [0.1, 0.15) is 5.56 Å². The second-order valence-electron chi connectivity index (χ2n) is 4.81. The Morgan fingerprint density at radius 2 is 1.74 bits per heavy atom. The third-order valence-electron chi connectivity index (χ3n) is 2.89. The summed E-state index contributed by atoms with van der Waals surface area (Å²) < 4.78 is 40.8. The maximum absolute atomic E-state index is 12.3. The third-order valence-corrected chi connectivity index (χ3v) is 2.89. The lowest BCUT2D eigenvalue weighted by atomic mass is 10.2. The largest absolute Gasteiger partial charge is 0.573 e. The van der Waals surface area contributed by atoms with E-state index in [0.29, 0.717) is 5.69 Å². The van der Waals surface area contributed by atoms with E-state index in [4.69, 9.17) is 0 Å². The molecule has 0 aromatic heterocycles. The Morgan fingerprint density at radius 1 is 1.09 bits per heavy atom. The van der Waals surface area contributed by atoms with Crippen LogP contribution in [0.4, 0.5) is 24.5 Å². The zero-order chi connectivity index (χ0) is 16.9. The number of halogens is 3. The molecule has 2 aromatic carbocycles. The molecule has 7 heteroatoms. The molecule has 122 valence electrons. The van der Waals surface area contributed by atoms with Crippen LogP contribution in [0, 0.1) is 6.92 Å². The maximum Gasteiger partial charge on any atom is 0.573 e. The van der Waals surface area contributed by atoms with Crippen molar-refractivity contribution in [2.45, 2.75) is 13.3 Å². The number of nitrogens with one attached hydrogen (secondary N) is 2. The third kappa shape index (κ3) is 5.54. The Bertz CT molecular complexity index is 670. The van der Waals surface area contributed by atoms with Crippen LogP contribution in [0.5, 0.6) is 5.75 Å². The number of benzene rings is 2. The number of anilines is 2. The van der Waals surface area contributed by atoms with Gasteiger partial charge in [0.2, 0.25) is 5.91 Å². The van der Waals surface area contributed by atoms with Crippen molar-refractivity contribution >= 4 is 17.3 Å². The summed E-state index contributed by atoms with van der Waals surface area (Å²) in [6, 6.07) is 12.7. The molecule has 2 aromatic rings. The predicted molar refractivity (Wildman–Crippen MR) is 81.4 cm³/mol. The van der Waals surface area contributed by atoms with Crippen LogP contribution in [-0.4, -0.2) is 18.8 Å². The van der Waals surface area contributed by atoms with Gasteiger partial charge in [0.1, 0.15) is 0 Å². The quantitative estimate of drug-likeness (QED) is 0.876. The number of rotatable bonds is 5. The average molecular weight is 324 g/mol. The Labute approximate surface area is 131 Å². The van der Waals surface area contributed by atoms with E-state index in [0.717, 1.165) is 5.56 Å². The SMILES string of the molecule is Cc1ccc(NC(=O)CNc2ccccc2OC(F)(F)F)cc1. The summed E-state index contributed by atoms with van der Waals surface area (Å²) in [7, 11) is 0. The highest BCUT2D eigenvalue weighted by molar-refractivity contribution is 5.93. The van der Waals surface area contributed by atoms with Crippen molar-refractivity contribution in [3.63, 3.8) is 0 Å². The van der Waals surface area contributed by atoms with E-state index in [1.807, 2.05) is 19.1 Å². The summed E-state index contributed by atoms with van der Waals surface area (Å²) in [6.07, 6.45) is -4.79. The van der Waals surface area contributed by atoms with Gasteiger partial charge >= 0.3 is 6.36 Å². The van der Waals surface area contributed by atoms with Gasteiger partial charge in [0.25, 0.3) is 0 Å². The molecule has 0 fully saturated rings. The summed E-state index contributed by atoms with van der Waals surface area (Å²) >= 11 is 0. The number of hydrogen-bond donors (Lipinski definition) is 2. The van der Waals surface area contributed by atoms with E-state index in [1.165, 1.54) is 18.2 Å². The summed E-state index contributed by atoms with van der Waals surface area (Å²) in [6.45, 7) is 1.73. The number of hydrogen-bond acceptors (Lipinski definition) is 3. The van der Waals surface area contributed by atoms with Crippen LogP contribution in [-0.2, 0) is 4.79 Å². The average Bonchev–Trinajstić information content (AvgIpc) is 2.47. The van der Waals surface area contributed by atoms with E-state index in [9.17, 15) is 18.0 Å². The van der Waals surface area contributed by atoms with Gasteiger partial charge in [-0.3, -0.25) is 4.79 Å². The molecule has 1 amide bonds. The van der Waals surface area contributed by atoms with Gasteiger partial charge in [-0.15, -0.1) is 13.2 Å². The van der Waals surface area contributed by atoms with E-state index >= 15 is 0 Å². The minimum atomic E-state index is -4.79. The summed E-state index contributed by atoms with van der Waals surface area (Å²) in [5.74, 6) is -0.765. The monoisotopic (exact) mass is 324 g/mol. The molecule has 0 saturated heterocycles. The van der Waals surface area contributed by atoms with Crippen LogP contribution < -0.4 is 15.4 Å². The highest BCUT2D eigenvalue weighted by Crippen LogP contribution is 2.29. The van der Waals surface area contributed by atoms with Crippen LogP contribution in [0.25, 0.3) is 0 Å². The van der Waals surface area contributed by atoms with Crippen molar-refractivity contribution in [2.75, 3.05) is 17.2 Å². The molecule has 2 rings (SSSR count). The minimum absolute atomic E-state index is 0.0869. The molecule has 0 aliphatic rings. The van der Waals surface area contributed by atoms with E-state index < -0.39 is 6.36 Å². The second-order valence-corrected chi connectivity index (χ2v) is 4.81. The molecule has 0 aliphatic heterocycles. The van der Waals surface area contributed by atoms with Crippen molar-refractivity contribution in [2.24, 2.45) is 0 Å². The topological polar surface area (TPSA) is 50.4 Å². The van der Waals surface area contributed by atoms with Gasteiger partial charge in [-0.05, 0) is 31.2 Å². The molecule has 0 spiro atoms. The summed E-state index contributed by atoms with van der Waals surface area (Å²) in [5.41, 5.74) is 1.76. The maximum atomic E-state index is 12.3. The van der Waals surface area contributed by atoms with Crippen molar-refractivity contribution in [1.82, 2.24) is 0 Å². The van der Waals surface area contributed by atoms with Crippen LogP contribution >= 0.6 is 0 Å². The highest BCUT2D eigenvalue weighted by atomic mass is 19.4. The Hall–Kier alpha value is -2.70. The molecule has 4 nitrogen and oxygen atoms in total. The molecule has 2 N–H and O–H groups in total. The van der Waals surface area contributed by atoms with Gasteiger partial charge in [-0.25, -0.2) is 0 Å². The Balaban J connectivity index is 1.95. The van der Waals surface area contributed by atoms with Crippen LogP contribution in [0.15, 0.2) is 48.5 Å². The van der Waals surface area contributed by atoms with Gasteiger partial charge in [0.05, 0.1) is 12.2 Å². The fourth-order valence-corrected chi connectivity index (χ4v) is 1.84. The normalized spacial score (nSPS) is 11.0. The number of amides is 1. The highest BCUT2D eigenvalue weighted by Gasteiger charge is 2.32. The van der Waals surface area contributed by atoms with E-state index in [-0.39, 0.29) is 23.9 Å². The second kappa shape index (κ2) is 7.04. The summed E-state index contributed by atoms with van der Waals surface area (Å²) in [5, 5.41) is 5.27. The fraction of sp³-hybridized carbons (Fsp3) is 0.188. The molecule has 0 heterocycles. The first-order valence-corrected chi connectivity index (χ1v) is 6.79. The molecular formula is C16H15F3N2O2. The van der Waals surface area contributed by atoms with Crippen LogP contribution in [0.3, 0.4) is 0 Å². The molecule has 0 aliphatic carbocycles. The number of aryl methyl sites for hydroxylation is 1. The van der Waals surface area contributed by atoms with Gasteiger partial charge in [-0.1, -0.05) is 29.8 Å². The molecule has 0 atom stereocenters. The lowest BCUT2D eigenvalue weighted by Crippen LogP contribution is -2.23. The number of para-hydroxylation sites is 2. The van der Waals surface area contributed by atoms with Gasteiger partial charge in [0, 0.05) is 5.69 Å². The van der Waals surface area contributed by atoms with Crippen molar-refractivity contribution in [3.8, 4) is 5.75 Å². The van der Waals surface area contributed by atoms with Gasteiger partial charge in [-0.2, -0.15) is 0 Å². The molecule has 0 radical (unpaired) electrons. The number of carbonyl (C=O) groups excluding carboxylic acids is 1. The van der Waals surface area contributed by atoms with Crippen molar-refractivity contribution < 1.29 is 22.7 Å². The van der Waals surface area contributed by atoms with E-state index in [2.05, 4.69) is 15.4 Å². The van der Waals surface area contributed by atoms with E-state index in [1.54, 1.807) is 18.2 Å². The predicted octanol–water partition coefficient (Wildman–Crippen LogP) is 3.94. The molecule has 0 saturated carbocycles. The minimum Gasteiger partial charge on any atom is -0.404 e. The Morgan fingerprint density at radius 3 is 2.39 bits per heavy atom. The lowest BCUT2D eigenvalue weighted by molar-refractivity contribution is -0.274. The smallest absolute Gasteiger partial charge is 0.404 e. The number of ether oxygens (including phenoxy) is 1. The zero-order valence-corrected chi connectivity index (χ0v) is 12.3. The molecule has 0 bridgehead atoms. The lowest BCUT2D eigenvalue weighted by Gasteiger charge is -2.14. The first-order chi connectivity index (χ1) is 10.8. The first kappa shape index (κ1) is 16.7. The summed E-state index contributed by atoms with van der Waals surface area (Å²) in [4.78, 5) is 11.8. The molecule has 23 heavy (non-hydrogen) atoms. The van der Waals surface area contributed by atoms with Gasteiger partial charge < -0.3 is 15.4 Å². The van der Waals surface area contributed by atoms with Crippen molar-refractivity contribution in [3.05, 3.63) is 54.1 Å². The van der Waals surface area contributed by atoms with Gasteiger partial charge in [0.15, 0.2) is 5.75 Å². The molecular weight excluding hydrogens is 309 g/mol. The Kier molecular flexibility index (Phi) is 5.10. The first-order valence-electron chi connectivity index (χ1n) is 6.79. The standard InChI is InChI=1S/C16H15F3N2O2/c1-11-6-8-12(9-7-11)21-15(22)10-20-13-4-2-3-5-14(13)23-16(17,18)19/h2-9,20H,10H2,1H3,(H,21,22). The van der Waals surface area contributed by atoms with Crippen molar-refractivity contribution in [1.29, 1.82) is 0 Å². The van der Waals surface area contributed by atoms with Crippen LogP contribution in [0.2, 0.25) is 0 Å².